The van der Waals surface area contributed by atoms with Crippen molar-refractivity contribution < 1.29 is 4.79 Å². The van der Waals surface area contributed by atoms with E-state index in [1.54, 1.807) is 23.7 Å². The van der Waals surface area contributed by atoms with Crippen molar-refractivity contribution in [1.29, 1.82) is 0 Å². The Hall–Kier alpha value is -2.15. The van der Waals surface area contributed by atoms with E-state index in [0.717, 1.165) is 49.0 Å². The van der Waals surface area contributed by atoms with Gasteiger partial charge in [0.05, 0.1) is 11.7 Å². The summed E-state index contributed by atoms with van der Waals surface area (Å²) in [6, 6.07) is 3.95. The van der Waals surface area contributed by atoms with Crippen LogP contribution in [0.1, 0.15) is 30.6 Å². The van der Waals surface area contributed by atoms with Gasteiger partial charge in [0.25, 0.3) is 0 Å². The highest BCUT2D eigenvalue weighted by atomic mass is 32.1. The maximum Gasteiger partial charge on any atom is 0.318 e. The summed E-state index contributed by atoms with van der Waals surface area (Å²) in [4.78, 5) is 25.3. The third-order valence-corrected chi connectivity index (χ3v) is 5.28. The number of anilines is 1. The lowest BCUT2D eigenvalue weighted by molar-refractivity contribution is 0.190. The van der Waals surface area contributed by atoms with E-state index >= 15 is 0 Å². The lowest BCUT2D eigenvalue weighted by Crippen LogP contribution is -2.52. The number of carbonyl (C=O) groups excluding carboxylic acids is 1. The topological polar surface area (TPSA) is 61.4 Å². The first kappa shape index (κ1) is 16.7. The van der Waals surface area contributed by atoms with Crippen LogP contribution in [0.25, 0.3) is 0 Å². The molecule has 3 rings (SSSR count). The molecule has 1 atom stereocenters. The van der Waals surface area contributed by atoms with Gasteiger partial charge in [-0.15, -0.1) is 11.3 Å². The van der Waals surface area contributed by atoms with E-state index in [0.29, 0.717) is 0 Å². The second-order valence-corrected chi connectivity index (χ2v) is 6.77. The SMILES string of the molecule is CC[C@@H](NC(=O)N1CCN(c2nc(C)cs2)CC1)c1ccncc1. The van der Waals surface area contributed by atoms with Crippen LogP contribution in [-0.4, -0.2) is 47.1 Å². The molecule has 1 aliphatic heterocycles. The number of carbonyl (C=O) groups is 1. The molecule has 0 saturated carbocycles. The number of piperazine rings is 1. The Morgan fingerprint density at radius 1 is 1.29 bits per heavy atom. The van der Waals surface area contributed by atoms with Crippen LogP contribution in [0.2, 0.25) is 0 Å². The Kier molecular flexibility index (Phi) is 5.30. The molecular formula is C17H23N5OS. The molecule has 2 aromatic rings. The van der Waals surface area contributed by atoms with Crippen molar-refractivity contribution in [3.05, 3.63) is 41.2 Å². The molecular weight excluding hydrogens is 322 g/mol. The molecule has 1 aliphatic rings. The third-order valence-electron chi connectivity index (χ3n) is 4.26. The first-order valence-corrected chi connectivity index (χ1v) is 9.17. The molecule has 1 saturated heterocycles. The smallest absolute Gasteiger partial charge is 0.318 e. The summed E-state index contributed by atoms with van der Waals surface area (Å²) in [7, 11) is 0. The third kappa shape index (κ3) is 3.84. The minimum absolute atomic E-state index is 0.00799. The average molecular weight is 345 g/mol. The van der Waals surface area contributed by atoms with Gasteiger partial charge in [0.1, 0.15) is 0 Å². The molecule has 2 aromatic heterocycles. The molecule has 0 spiro atoms. The quantitative estimate of drug-likeness (QED) is 0.926. The van der Waals surface area contributed by atoms with Crippen LogP contribution in [0.3, 0.4) is 0 Å². The van der Waals surface area contributed by atoms with Crippen molar-refractivity contribution in [1.82, 2.24) is 20.2 Å². The van der Waals surface area contributed by atoms with Crippen molar-refractivity contribution in [2.75, 3.05) is 31.1 Å². The van der Waals surface area contributed by atoms with E-state index in [1.165, 1.54) is 0 Å². The van der Waals surface area contributed by atoms with Crippen molar-refractivity contribution in [3.8, 4) is 0 Å². The van der Waals surface area contributed by atoms with E-state index < -0.39 is 0 Å². The summed E-state index contributed by atoms with van der Waals surface area (Å²) >= 11 is 1.67. The van der Waals surface area contributed by atoms with Crippen LogP contribution in [0.4, 0.5) is 9.93 Å². The van der Waals surface area contributed by atoms with Gasteiger partial charge in [-0.25, -0.2) is 9.78 Å². The molecule has 1 N–H and O–H groups in total. The van der Waals surface area contributed by atoms with E-state index in [1.807, 2.05) is 24.0 Å². The lowest BCUT2D eigenvalue weighted by atomic mass is 10.1. The number of nitrogens with zero attached hydrogens (tertiary/aromatic N) is 4. The van der Waals surface area contributed by atoms with Crippen LogP contribution in [-0.2, 0) is 0 Å². The molecule has 128 valence electrons. The maximum absolute atomic E-state index is 12.6. The number of amides is 2. The van der Waals surface area contributed by atoms with Crippen LogP contribution in [0.5, 0.6) is 0 Å². The van der Waals surface area contributed by atoms with Crippen LogP contribution in [0.15, 0.2) is 29.9 Å². The highest BCUT2D eigenvalue weighted by Gasteiger charge is 2.24. The predicted molar refractivity (Wildman–Crippen MR) is 96.4 cm³/mol. The standard InChI is InChI=1S/C17H23N5OS/c1-3-15(14-4-6-18-7-5-14)20-16(23)21-8-10-22(11-9-21)17-19-13(2)12-24-17/h4-7,12,15H,3,8-11H2,1-2H3,(H,20,23)/t15-/m1/s1. The summed E-state index contributed by atoms with van der Waals surface area (Å²) in [6.07, 6.45) is 4.38. The second-order valence-electron chi connectivity index (χ2n) is 5.94. The maximum atomic E-state index is 12.6. The van der Waals surface area contributed by atoms with Gasteiger partial charge in [-0.05, 0) is 31.0 Å². The molecule has 6 nitrogen and oxygen atoms in total. The Balaban J connectivity index is 1.55. The molecule has 0 bridgehead atoms. The minimum atomic E-state index is 0.00799. The van der Waals surface area contributed by atoms with E-state index in [-0.39, 0.29) is 12.1 Å². The van der Waals surface area contributed by atoms with Gasteiger partial charge in [-0.2, -0.15) is 0 Å². The summed E-state index contributed by atoms with van der Waals surface area (Å²) in [5, 5.41) is 6.26. The fourth-order valence-electron chi connectivity index (χ4n) is 2.84. The number of thiazole rings is 1. The van der Waals surface area contributed by atoms with Crippen molar-refractivity contribution >= 4 is 22.5 Å². The first-order valence-electron chi connectivity index (χ1n) is 8.30. The van der Waals surface area contributed by atoms with Crippen molar-refractivity contribution in [2.24, 2.45) is 0 Å². The zero-order valence-electron chi connectivity index (χ0n) is 14.1. The fourth-order valence-corrected chi connectivity index (χ4v) is 3.70. The number of hydrogen-bond donors (Lipinski definition) is 1. The first-order chi connectivity index (χ1) is 11.7. The Morgan fingerprint density at radius 2 is 2.00 bits per heavy atom. The average Bonchev–Trinajstić information content (AvgIpc) is 3.07. The number of rotatable bonds is 4. The number of pyridine rings is 1. The number of aromatic nitrogens is 2. The van der Waals surface area contributed by atoms with Gasteiger partial charge >= 0.3 is 6.03 Å². The van der Waals surface area contributed by atoms with E-state index in [9.17, 15) is 4.79 Å². The molecule has 3 heterocycles. The predicted octanol–water partition coefficient (Wildman–Crippen LogP) is 2.83. The Morgan fingerprint density at radius 3 is 2.58 bits per heavy atom. The van der Waals surface area contributed by atoms with E-state index in [4.69, 9.17) is 0 Å². The number of hydrogen-bond acceptors (Lipinski definition) is 5. The summed E-state index contributed by atoms with van der Waals surface area (Å²) in [6.45, 7) is 7.18. The molecule has 1 fully saturated rings. The summed E-state index contributed by atoms with van der Waals surface area (Å²) in [5.74, 6) is 0. The minimum Gasteiger partial charge on any atom is -0.345 e. The molecule has 0 aromatic carbocycles. The fraction of sp³-hybridized carbons (Fsp3) is 0.471. The van der Waals surface area contributed by atoms with Crippen molar-refractivity contribution in [3.63, 3.8) is 0 Å². The zero-order chi connectivity index (χ0) is 16.9. The number of nitrogens with one attached hydrogen (secondary N) is 1. The monoisotopic (exact) mass is 345 g/mol. The molecule has 24 heavy (non-hydrogen) atoms. The highest BCUT2D eigenvalue weighted by molar-refractivity contribution is 7.13. The van der Waals surface area contributed by atoms with Crippen molar-refractivity contribution in [2.45, 2.75) is 26.3 Å². The van der Waals surface area contributed by atoms with Gasteiger partial charge in [0, 0.05) is 44.0 Å². The zero-order valence-corrected chi connectivity index (χ0v) is 14.9. The van der Waals surface area contributed by atoms with Crippen LogP contribution < -0.4 is 10.2 Å². The molecule has 0 unspecified atom stereocenters. The number of aryl methyl sites for hydroxylation is 1. The summed E-state index contributed by atoms with van der Waals surface area (Å²) in [5.41, 5.74) is 2.15. The summed E-state index contributed by atoms with van der Waals surface area (Å²) < 4.78 is 0. The Bertz CT molecular complexity index is 667. The van der Waals surface area contributed by atoms with Crippen LogP contribution >= 0.6 is 11.3 Å². The second kappa shape index (κ2) is 7.61. The van der Waals surface area contributed by atoms with Gasteiger partial charge in [-0.3, -0.25) is 4.98 Å². The normalized spacial score (nSPS) is 16.1. The molecule has 0 aliphatic carbocycles. The molecule has 0 radical (unpaired) electrons. The molecule has 2 amide bonds. The van der Waals surface area contributed by atoms with Gasteiger partial charge < -0.3 is 15.1 Å². The molecule has 7 heteroatoms. The lowest BCUT2D eigenvalue weighted by Gasteiger charge is -2.35. The highest BCUT2D eigenvalue weighted by Crippen LogP contribution is 2.22. The van der Waals surface area contributed by atoms with Crippen LogP contribution in [0, 0.1) is 6.92 Å². The Labute approximate surface area is 146 Å². The largest absolute Gasteiger partial charge is 0.345 e. The number of urea groups is 1. The van der Waals surface area contributed by atoms with Gasteiger partial charge in [0.2, 0.25) is 0 Å². The van der Waals surface area contributed by atoms with Gasteiger partial charge in [0.15, 0.2) is 5.13 Å². The van der Waals surface area contributed by atoms with Gasteiger partial charge in [-0.1, -0.05) is 6.92 Å². The van der Waals surface area contributed by atoms with E-state index in [2.05, 4.69) is 32.5 Å².